The van der Waals surface area contributed by atoms with Crippen molar-refractivity contribution in [3.8, 4) is 28.1 Å². The number of pyridine rings is 2. The van der Waals surface area contributed by atoms with Gasteiger partial charge in [0.25, 0.3) is 0 Å². The van der Waals surface area contributed by atoms with E-state index in [0.29, 0.717) is 0 Å². The van der Waals surface area contributed by atoms with Crippen LogP contribution in [0.2, 0.25) is 0 Å². The van der Waals surface area contributed by atoms with Crippen LogP contribution in [0, 0.1) is 6.92 Å². The van der Waals surface area contributed by atoms with Gasteiger partial charge in [0.2, 0.25) is 0 Å². The first-order chi connectivity index (χ1) is 26.2. The van der Waals surface area contributed by atoms with Crippen molar-refractivity contribution in [2.75, 3.05) is 4.90 Å². The molecule has 0 unspecified atom stereocenters. The summed E-state index contributed by atoms with van der Waals surface area (Å²) in [5.74, 6) is 0. The fourth-order valence-corrected chi connectivity index (χ4v) is 7.84. The van der Waals surface area contributed by atoms with Gasteiger partial charge in [-0.1, -0.05) is 115 Å². The number of anilines is 3. The van der Waals surface area contributed by atoms with E-state index < -0.39 is 0 Å². The maximum atomic E-state index is 5.08. The van der Waals surface area contributed by atoms with Gasteiger partial charge in [0.05, 0.1) is 27.8 Å². The van der Waals surface area contributed by atoms with Crippen molar-refractivity contribution < 1.29 is 0 Å². The summed E-state index contributed by atoms with van der Waals surface area (Å²) in [6, 6.07) is 64.8. The van der Waals surface area contributed by atoms with Crippen molar-refractivity contribution in [2.45, 2.75) is 6.92 Å². The molecule has 3 aromatic heterocycles. The molecule has 53 heavy (non-hydrogen) atoms. The first-order valence-electron chi connectivity index (χ1n) is 18.0. The SMILES string of the molecule is Cc1c(-c2ccc(-c3ccc4ccc5cccnc5c4n3)cc2)cccc1-n1c2ccccc2c2cc(N(c3ccccc3)c3ccccc3)ccc21. The lowest BCUT2D eigenvalue weighted by atomic mass is 9.97. The highest BCUT2D eigenvalue weighted by atomic mass is 15.1. The molecule has 0 N–H and O–H groups in total. The van der Waals surface area contributed by atoms with Crippen molar-refractivity contribution >= 4 is 60.7 Å². The molecule has 3 heterocycles. The lowest BCUT2D eigenvalue weighted by Crippen LogP contribution is -2.09. The second kappa shape index (κ2) is 12.6. The van der Waals surface area contributed by atoms with Crippen molar-refractivity contribution in [1.82, 2.24) is 14.5 Å². The van der Waals surface area contributed by atoms with E-state index in [4.69, 9.17) is 4.98 Å². The topological polar surface area (TPSA) is 34.0 Å². The Kier molecular flexibility index (Phi) is 7.33. The molecule has 0 atom stereocenters. The second-order valence-corrected chi connectivity index (χ2v) is 13.5. The Hall–Kier alpha value is -7.04. The lowest BCUT2D eigenvalue weighted by molar-refractivity contribution is 1.15. The standard InChI is InChI=1S/C49H34N4/c1-33-41(34-21-23-35(24-22-34)44-29-27-37-26-25-36-12-11-31-50-48(36)49(37)51-44)18-10-20-45(33)53-46-19-9-8-17-42(46)43-32-40(28-30-47(43)53)52(38-13-4-2-5-14-38)39-15-6-3-7-16-39/h2-32H,1H3. The van der Waals surface area contributed by atoms with Gasteiger partial charge in [0.1, 0.15) is 0 Å². The highest BCUT2D eigenvalue weighted by Gasteiger charge is 2.19. The third kappa shape index (κ3) is 5.23. The predicted molar refractivity (Wildman–Crippen MR) is 222 cm³/mol. The Morgan fingerprint density at radius 1 is 0.472 bits per heavy atom. The van der Waals surface area contributed by atoms with E-state index in [1.165, 1.54) is 44.2 Å². The zero-order valence-electron chi connectivity index (χ0n) is 29.2. The number of benzene rings is 7. The lowest BCUT2D eigenvalue weighted by Gasteiger charge is -2.25. The van der Waals surface area contributed by atoms with Gasteiger partial charge in [-0.3, -0.25) is 4.98 Å². The molecular weight excluding hydrogens is 645 g/mol. The summed E-state index contributed by atoms with van der Waals surface area (Å²) in [4.78, 5) is 12.1. The Balaban J connectivity index is 1.06. The maximum absolute atomic E-state index is 5.08. The molecule has 0 fully saturated rings. The molecule has 10 aromatic rings. The normalized spacial score (nSPS) is 11.5. The van der Waals surface area contributed by atoms with Crippen LogP contribution in [0.4, 0.5) is 17.1 Å². The zero-order valence-corrected chi connectivity index (χ0v) is 29.2. The molecule has 10 rings (SSSR count). The average Bonchev–Trinajstić information content (AvgIpc) is 3.55. The number of aromatic nitrogens is 3. The number of para-hydroxylation sites is 3. The Morgan fingerprint density at radius 2 is 1.13 bits per heavy atom. The Labute approximate surface area is 307 Å². The first-order valence-corrected chi connectivity index (χ1v) is 18.0. The third-order valence-corrected chi connectivity index (χ3v) is 10.4. The van der Waals surface area contributed by atoms with Gasteiger partial charge in [0.15, 0.2) is 0 Å². The minimum Gasteiger partial charge on any atom is -0.310 e. The van der Waals surface area contributed by atoms with E-state index in [1.807, 2.05) is 12.3 Å². The largest absolute Gasteiger partial charge is 0.310 e. The molecule has 0 amide bonds. The van der Waals surface area contributed by atoms with Crippen LogP contribution in [0.25, 0.3) is 71.7 Å². The summed E-state index contributed by atoms with van der Waals surface area (Å²) >= 11 is 0. The molecule has 0 saturated carbocycles. The number of nitrogens with zero attached hydrogens (tertiary/aromatic N) is 4. The summed E-state index contributed by atoms with van der Waals surface area (Å²) in [5, 5.41) is 4.64. The van der Waals surface area contributed by atoms with Crippen LogP contribution in [-0.4, -0.2) is 14.5 Å². The van der Waals surface area contributed by atoms with Crippen LogP contribution < -0.4 is 4.90 Å². The molecule has 4 nitrogen and oxygen atoms in total. The molecule has 250 valence electrons. The van der Waals surface area contributed by atoms with E-state index in [9.17, 15) is 0 Å². The summed E-state index contributed by atoms with van der Waals surface area (Å²) < 4.78 is 2.42. The van der Waals surface area contributed by atoms with Gasteiger partial charge in [-0.2, -0.15) is 0 Å². The van der Waals surface area contributed by atoms with Crippen LogP contribution in [0.15, 0.2) is 188 Å². The van der Waals surface area contributed by atoms with E-state index >= 15 is 0 Å². The Morgan fingerprint density at radius 3 is 1.91 bits per heavy atom. The van der Waals surface area contributed by atoms with E-state index in [0.717, 1.165) is 50.1 Å². The van der Waals surface area contributed by atoms with E-state index in [-0.39, 0.29) is 0 Å². The molecule has 0 aliphatic carbocycles. The van der Waals surface area contributed by atoms with Crippen molar-refractivity contribution in [1.29, 1.82) is 0 Å². The molecule has 0 radical (unpaired) electrons. The van der Waals surface area contributed by atoms with Crippen molar-refractivity contribution in [2.24, 2.45) is 0 Å². The van der Waals surface area contributed by atoms with Gasteiger partial charge in [0, 0.05) is 56.1 Å². The molecule has 0 aliphatic heterocycles. The van der Waals surface area contributed by atoms with Crippen LogP contribution in [-0.2, 0) is 0 Å². The van der Waals surface area contributed by atoms with Gasteiger partial charge in [-0.25, -0.2) is 4.98 Å². The van der Waals surface area contributed by atoms with Crippen molar-refractivity contribution in [3.63, 3.8) is 0 Å². The molecule has 4 heteroatoms. The number of hydrogen-bond acceptors (Lipinski definition) is 3. The molecule has 0 aliphatic rings. The fourth-order valence-electron chi connectivity index (χ4n) is 7.84. The Bertz CT molecular complexity index is 2910. The molecule has 0 bridgehead atoms. The fraction of sp³-hybridized carbons (Fsp3) is 0.0204. The zero-order chi connectivity index (χ0) is 35.3. The summed E-state index contributed by atoms with van der Waals surface area (Å²) in [7, 11) is 0. The molecular formula is C49H34N4. The highest BCUT2D eigenvalue weighted by Crippen LogP contribution is 2.41. The molecule has 0 spiro atoms. The van der Waals surface area contributed by atoms with Crippen LogP contribution in [0.3, 0.4) is 0 Å². The van der Waals surface area contributed by atoms with Crippen molar-refractivity contribution in [3.05, 3.63) is 194 Å². The van der Waals surface area contributed by atoms with Gasteiger partial charge in [-0.15, -0.1) is 0 Å². The minimum absolute atomic E-state index is 0.930. The van der Waals surface area contributed by atoms with Crippen LogP contribution in [0.5, 0.6) is 0 Å². The summed E-state index contributed by atoms with van der Waals surface area (Å²) in [5.41, 5.74) is 14.4. The number of fused-ring (bicyclic) bond motifs is 6. The maximum Gasteiger partial charge on any atom is 0.0972 e. The first kappa shape index (κ1) is 30.8. The molecule has 0 saturated heterocycles. The second-order valence-electron chi connectivity index (χ2n) is 13.5. The molecule has 7 aromatic carbocycles. The number of rotatable bonds is 6. The van der Waals surface area contributed by atoms with Gasteiger partial charge < -0.3 is 9.47 Å². The van der Waals surface area contributed by atoms with E-state index in [2.05, 4.69) is 197 Å². The minimum atomic E-state index is 0.930. The van der Waals surface area contributed by atoms with Gasteiger partial charge >= 0.3 is 0 Å². The number of hydrogen-bond donors (Lipinski definition) is 0. The summed E-state index contributed by atoms with van der Waals surface area (Å²) in [6.07, 6.45) is 1.84. The monoisotopic (exact) mass is 678 g/mol. The van der Waals surface area contributed by atoms with Crippen LogP contribution >= 0.6 is 0 Å². The average molecular weight is 679 g/mol. The van der Waals surface area contributed by atoms with Crippen LogP contribution in [0.1, 0.15) is 5.56 Å². The quantitative estimate of drug-likeness (QED) is 0.164. The smallest absolute Gasteiger partial charge is 0.0972 e. The highest BCUT2D eigenvalue weighted by molar-refractivity contribution is 6.11. The third-order valence-electron chi connectivity index (χ3n) is 10.4. The summed E-state index contributed by atoms with van der Waals surface area (Å²) in [6.45, 7) is 2.24. The predicted octanol–water partition coefficient (Wildman–Crippen LogP) is 13.0. The van der Waals surface area contributed by atoms with E-state index in [1.54, 1.807) is 0 Å². The van der Waals surface area contributed by atoms with Gasteiger partial charge in [-0.05, 0) is 90.3 Å².